The molecule has 2 heteroatoms. The highest BCUT2D eigenvalue weighted by molar-refractivity contribution is 5.38. The Bertz CT molecular complexity index is 561. The molecule has 0 aromatic heterocycles. The standard InChI is InChI=1S/C19H26N2/c1-15-10-11-18(16(2)14-15)19(20-12-13-21(3)4)17-8-6-5-7-9-17/h5-11,14,19-20H,12-13H2,1-4H3. The van der Waals surface area contributed by atoms with Gasteiger partial charge in [0.2, 0.25) is 0 Å². The van der Waals surface area contributed by atoms with E-state index in [1.807, 2.05) is 0 Å². The molecule has 0 amide bonds. The van der Waals surface area contributed by atoms with Gasteiger partial charge >= 0.3 is 0 Å². The van der Waals surface area contributed by atoms with E-state index in [2.05, 4.69) is 86.7 Å². The second kappa shape index (κ2) is 7.39. The van der Waals surface area contributed by atoms with Gasteiger partial charge in [0.15, 0.2) is 0 Å². The van der Waals surface area contributed by atoms with E-state index in [1.165, 1.54) is 22.3 Å². The molecule has 0 aliphatic carbocycles. The topological polar surface area (TPSA) is 15.3 Å². The molecule has 0 bridgehead atoms. The monoisotopic (exact) mass is 282 g/mol. The number of benzene rings is 2. The molecule has 21 heavy (non-hydrogen) atoms. The fourth-order valence-electron chi connectivity index (χ4n) is 2.63. The van der Waals surface area contributed by atoms with Crippen molar-refractivity contribution >= 4 is 0 Å². The Balaban J connectivity index is 2.27. The van der Waals surface area contributed by atoms with Gasteiger partial charge < -0.3 is 10.2 Å². The van der Waals surface area contributed by atoms with Crippen LogP contribution in [0.2, 0.25) is 0 Å². The fraction of sp³-hybridized carbons (Fsp3) is 0.368. The largest absolute Gasteiger partial charge is 0.308 e. The first kappa shape index (κ1) is 15.7. The third-order valence-corrected chi connectivity index (χ3v) is 3.78. The van der Waals surface area contributed by atoms with E-state index < -0.39 is 0 Å². The van der Waals surface area contributed by atoms with Crippen molar-refractivity contribution in [3.05, 3.63) is 70.8 Å². The third kappa shape index (κ3) is 4.42. The van der Waals surface area contributed by atoms with Gasteiger partial charge in [-0.05, 0) is 44.6 Å². The molecule has 112 valence electrons. The summed E-state index contributed by atoms with van der Waals surface area (Å²) in [6, 6.07) is 17.7. The van der Waals surface area contributed by atoms with Crippen molar-refractivity contribution in [2.24, 2.45) is 0 Å². The van der Waals surface area contributed by atoms with E-state index in [9.17, 15) is 0 Å². The number of hydrogen-bond donors (Lipinski definition) is 1. The predicted molar refractivity (Wildman–Crippen MR) is 90.8 cm³/mol. The Labute approximate surface area is 128 Å². The minimum absolute atomic E-state index is 0.256. The van der Waals surface area contributed by atoms with Crippen LogP contribution in [0.5, 0.6) is 0 Å². The van der Waals surface area contributed by atoms with Crippen LogP contribution < -0.4 is 5.32 Å². The molecule has 0 saturated heterocycles. The number of nitrogens with one attached hydrogen (secondary N) is 1. The Morgan fingerprint density at radius 1 is 1.00 bits per heavy atom. The first-order valence-electron chi connectivity index (χ1n) is 7.58. The molecule has 0 saturated carbocycles. The molecule has 1 N–H and O–H groups in total. The van der Waals surface area contributed by atoms with Crippen LogP contribution in [0.15, 0.2) is 48.5 Å². The van der Waals surface area contributed by atoms with Crippen LogP contribution >= 0.6 is 0 Å². The Kier molecular flexibility index (Phi) is 5.54. The average molecular weight is 282 g/mol. The summed E-state index contributed by atoms with van der Waals surface area (Å²) >= 11 is 0. The molecule has 0 fully saturated rings. The van der Waals surface area contributed by atoms with E-state index in [0.717, 1.165) is 13.1 Å². The maximum Gasteiger partial charge on any atom is 0.0579 e. The van der Waals surface area contributed by atoms with Crippen molar-refractivity contribution in [1.82, 2.24) is 10.2 Å². The van der Waals surface area contributed by atoms with Crippen LogP contribution in [-0.4, -0.2) is 32.1 Å². The molecule has 2 nitrogen and oxygen atoms in total. The normalized spacial score (nSPS) is 12.6. The first-order valence-corrected chi connectivity index (χ1v) is 7.58. The Morgan fingerprint density at radius 2 is 1.71 bits per heavy atom. The van der Waals surface area contributed by atoms with Gasteiger partial charge in [0, 0.05) is 13.1 Å². The minimum atomic E-state index is 0.256. The molecule has 2 aromatic rings. The molecule has 0 radical (unpaired) electrons. The molecule has 1 atom stereocenters. The zero-order chi connectivity index (χ0) is 15.2. The lowest BCUT2D eigenvalue weighted by Gasteiger charge is -2.23. The summed E-state index contributed by atoms with van der Waals surface area (Å²) in [5.74, 6) is 0. The van der Waals surface area contributed by atoms with Gasteiger partial charge in [0.25, 0.3) is 0 Å². The van der Waals surface area contributed by atoms with Gasteiger partial charge in [-0.25, -0.2) is 0 Å². The minimum Gasteiger partial charge on any atom is -0.308 e. The number of likely N-dealkylation sites (N-methyl/N-ethyl adjacent to an activating group) is 1. The Morgan fingerprint density at radius 3 is 2.33 bits per heavy atom. The number of nitrogens with zero attached hydrogens (tertiary/aromatic N) is 1. The van der Waals surface area contributed by atoms with Crippen molar-refractivity contribution in [1.29, 1.82) is 0 Å². The summed E-state index contributed by atoms with van der Waals surface area (Å²) in [6.45, 7) is 6.35. The van der Waals surface area contributed by atoms with Crippen LogP contribution in [0, 0.1) is 13.8 Å². The number of rotatable bonds is 6. The molecule has 0 aliphatic heterocycles. The van der Waals surface area contributed by atoms with E-state index in [0.29, 0.717) is 0 Å². The molecule has 1 unspecified atom stereocenters. The molecule has 2 aromatic carbocycles. The summed E-state index contributed by atoms with van der Waals surface area (Å²) in [5.41, 5.74) is 5.35. The lowest BCUT2D eigenvalue weighted by molar-refractivity contribution is 0.392. The van der Waals surface area contributed by atoms with Gasteiger partial charge in [0.05, 0.1) is 6.04 Å². The van der Waals surface area contributed by atoms with Crippen LogP contribution in [0.3, 0.4) is 0 Å². The quantitative estimate of drug-likeness (QED) is 0.871. The molecule has 2 rings (SSSR count). The molecule has 0 aliphatic rings. The zero-order valence-electron chi connectivity index (χ0n) is 13.6. The Hall–Kier alpha value is -1.64. The summed E-state index contributed by atoms with van der Waals surface area (Å²) in [7, 11) is 4.21. The highest BCUT2D eigenvalue weighted by Gasteiger charge is 2.15. The summed E-state index contributed by atoms with van der Waals surface area (Å²) < 4.78 is 0. The maximum atomic E-state index is 3.70. The van der Waals surface area contributed by atoms with Crippen molar-refractivity contribution in [3.8, 4) is 0 Å². The third-order valence-electron chi connectivity index (χ3n) is 3.78. The zero-order valence-corrected chi connectivity index (χ0v) is 13.6. The fourth-order valence-corrected chi connectivity index (χ4v) is 2.63. The van der Waals surface area contributed by atoms with Gasteiger partial charge in [-0.15, -0.1) is 0 Å². The van der Waals surface area contributed by atoms with Crippen LogP contribution in [-0.2, 0) is 0 Å². The maximum absolute atomic E-state index is 3.70. The van der Waals surface area contributed by atoms with E-state index in [-0.39, 0.29) is 6.04 Å². The first-order chi connectivity index (χ1) is 10.1. The SMILES string of the molecule is Cc1ccc(C(NCCN(C)C)c2ccccc2)c(C)c1. The molecule has 0 spiro atoms. The average Bonchev–Trinajstić information content (AvgIpc) is 2.45. The highest BCUT2D eigenvalue weighted by atomic mass is 15.1. The van der Waals surface area contributed by atoms with Crippen molar-refractivity contribution in [2.45, 2.75) is 19.9 Å². The van der Waals surface area contributed by atoms with Crippen LogP contribution in [0.25, 0.3) is 0 Å². The number of hydrogen-bond acceptors (Lipinski definition) is 2. The van der Waals surface area contributed by atoms with E-state index in [4.69, 9.17) is 0 Å². The highest BCUT2D eigenvalue weighted by Crippen LogP contribution is 2.25. The molecular formula is C19H26N2. The van der Waals surface area contributed by atoms with Gasteiger partial charge in [0.1, 0.15) is 0 Å². The summed E-state index contributed by atoms with van der Waals surface area (Å²) in [6.07, 6.45) is 0. The van der Waals surface area contributed by atoms with Gasteiger partial charge in [-0.1, -0.05) is 54.1 Å². The van der Waals surface area contributed by atoms with Crippen LogP contribution in [0.1, 0.15) is 28.3 Å². The second-order valence-electron chi connectivity index (χ2n) is 5.96. The molecular weight excluding hydrogens is 256 g/mol. The van der Waals surface area contributed by atoms with Gasteiger partial charge in [-0.2, -0.15) is 0 Å². The lowest BCUT2D eigenvalue weighted by atomic mass is 9.94. The lowest BCUT2D eigenvalue weighted by Crippen LogP contribution is -2.30. The smallest absolute Gasteiger partial charge is 0.0579 e. The summed E-state index contributed by atoms with van der Waals surface area (Å²) in [5, 5.41) is 3.70. The van der Waals surface area contributed by atoms with Crippen molar-refractivity contribution in [2.75, 3.05) is 27.2 Å². The van der Waals surface area contributed by atoms with Crippen molar-refractivity contribution < 1.29 is 0 Å². The second-order valence-corrected chi connectivity index (χ2v) is 5.96. The van der Waals surface area contributed by atoms with E-state index in [1.54, 1.807) is 0 Å². The molecule has 0 heterocycles. The van der Waals surface area contributed by atoms with Crippen molar-refractivity contribution in [3.63, 3.8) is 0 Å². The van der Waals surface area contributed by atoms with E-state index >= 15 is 0 Å². The van der Waals surface area contributed by atoms with Gasteiger partial charge in [-0.3, -0.25) is 0 Å². The van der Waals surface area contributed by atoms with Crippen LogP contribution in [0.4, 0.5) is 0 Å². The number of aryl methyl sites for hydroxylation is 2. The predicted octanol–water partition coefficient (Wildman–Crippen LogP) is 3.54. The summed E-state index contributed by atoms with van der Waals surface area (Å²) in [4.78, 5) is 2.21.